The van der Waals surface area contributed by atoms with Crippen LogP contribution < -0.4 is 0 Å². The van der Waals surface area contributed by atoms with Crippen LogP contribution in [0.4, 0.5) is 0 Å². The van der Waals surface area contributed by atoms with Gasteiger partial charge in [0.25, 0.3) is 0 Å². The molecule has 1 aromatic heterocycles. The second-order valence-electron chi connectivity index (χ2n) is 5.38. The molecule has 2 heterocycles. The Morgan fingerprint density at radius 1 is 1.27 bits per heavy atom. The molecule has 22 heavy (non-hydrogen) atoms. The zero-order valence-corrected chi connectivity index (χ0v) is 12.6. The van der Waals surface area contributed by atoms with Crippen LogP contribution in [0.5, 0.6) is 0 Å². The minimum Gasteiger partial charge on any atom is -0.457 e. The summed E-state index contributed by atoms with van der Waals surface area (Å²) in [6.07, 6.45) is 1.85. The molecule has 1 fully saturated rings. The lowest BCUT2D eigenvalue weighted by Gasteiger charge is -2.07. The van der Waals surface area contributed by atoms with Crippen molar-refractivity contribution in [3.63, 3.8) is 0 Å². The van der Waals surface area contributed by atoms with E-state index in [1.807, 2.05) is 24.3 Å². The Hall–Kier alpha value is -2.15. The number of carbonyl (C=O) groups is 2. The van der Waals surface area contributed by atoms with Crippen molar-refractivity contribution in [2.24, 2.45) is 5.92 Å². The highest BCUT2D eigenvalue weighted by Crippen LogP contribution is 2.21. The largest absolute Gasteiger partial charge is 0.457 e. The number of ketones is 1. The van der Waals surface area contributed by atoms with Gasteiger partial charge in [0.05, 0.1) is 17.4 Å². The number of aromatic nitrogens is 1. The molecule has 6 nitrogen and oxygen atoms in total. The Morgan fingerprint density at radius 3 is 2.77 bits per heavy atom. The minimum absolute atomic E-state index is 0.00314. The highest BCUT2D eigenvalue weighted by molar-refractivity contribution is 7.91. The number of Topliss-reactive ketones (excluding diaryl/α,β-unsaturated/α-hetero) is 1. The van der Waals surface area contributed by atoms with E-state index in [2.05, 4.69) is 4.98 Å². The molecule has 116 valence electrons. The summed E-state index contributed by atoms with van der Waals surface area (Å²) < 4.78 is 27.7. The number of benzene rings is 1. The molecule has 0 saturated carbocycles. The Balaban J connectivity index is 1.64. The van der Waals surface area contributed by atoms with Crippen molar-refractivity contribution in [1.29, 1.82) is 0 Å². The standard InChI is InChI=1S/C15H15NO5S/c17-14(12-7-16-13-4-2-1-3-11(12)13)8-21-15(18)10-5-6-22(19,20)9-10/h1-4,7,10,16H,5-6,8-9H2/t10-/m1/s1. The molecule has 0 bridgehead atoms. The fourth-order valence-electron chi connectivity index (χ4n) is 2.62. The van der Waals surface area contributed by atoms with Crippen LogP contribution in [-0.2, 0) is 19.4 Å². The monoisotopic (exact) mass is 321 g/mol. The maximum atomic E-state index is 12.2. The number of rotatable bonds is 4. The first kappa shape index (κ1) is 14.8. The maximum absolute atomic E-state index is 12.2. The zero-order chi connectivity index (χ0) is 15.7. The lowest BCUT2D eigenvalue weighted by atomic mass is 10.1. The molecule has 1 N–H and O–H groups in total. The summed E-state index contributed by atoms with van der Waals surface area (Å²) in [4.78, 5) is 27.0. The van der Waals surface area contributed by atoms with Crippen LogP contribution in [0.15, 0.2) is 30.5 Å². The molecular formula is C15H15NO5S. The Bertz CT molecular complexity index is 836. The van der Waals surface area contributed by atoms with E-state index >= 15 is 0 Å². The van der Waals surface area contributed by atoms with Gasteiger partial charge in [-0.1, -0.05) is 18.2 Å². The van der Waals surface area contributed by atoms with Gasteiger partial charge in [0, 0.05) is 22.7 Å². The van der Waals surface area contributed by atoms with E-state index in [0.717, 1.165) is 10.9 Å². The summed E-state index contributed by atoms with van der Waals surface area (Å²) in [5.74, 6) is -1.77. The van der Waals surface area contributed by atoms with E-state index in [4.69, 9.17) is 4.74 Å². The van der Waals surface area contributed by atoms with Crippen molar-refractivity contribution in [1.82, 2.24) is 4.98 Å². The van der Waals surface area contributed by atoms with Gasteiger partial charge in [-0.3, -0.25) is 9.59 Å². The third-order valence-corrected chi connectivity index (χ3v) is 5.57. The summed E-state index contributed by atoms with van der Waals surface area (Å²) in [5.41, 5.74) is 1.29. The normalized spacial score (nSPS) is 20.1. The number of esters is 1. The third-order valence-electron chi connectivity index (χ3n) is 3.80. The molecule has 7 heteroatoms. The summed E-state index contributed by atoms with van der Waals surface area (Å²) in [6, 6.07) is 7.34. The van der Waals surface area contributed by atoms with Gasteiger partial charge >= 0.3 is 5.97 Å². The molecule has 1 aliphatic heterocycles. The predicted octanol–water partition coefficient (Wildman–Crippen LogP) is 1.33. The van der Waals surface area contributed by atoms with Crippen LogP contribution >= 0.6 is 0 Å². The van der Waals surface area contributed by atoms with E-state index < -0.39 is 21.7 Å². The van der Waals surface area contributed by atoms with Gasteiger partial charge in [-0.25, -0.2) is 8.42 Å². The fraction of sp³-hybridized carbons (Fsp3) is 0.333. The van der Waals surface area contributed by atoms with E-state index in [1.165, 1.54) is 0 Å². The van der Waals surface area contributed by atoms with Gasteiger partial charge in [0.1, 0.15) is 0 Å². The highest BCUT2D eigenvalue weighted by Gasteiger charge is 2.34. The zero-order valence-electron chi connectivity index (χ0n) is 11.7. The fourth-order valence-corrected chi connectivity index (χ4v) is 4.34. The van der Waals surface area contributed by atoms with Crippen LogP contribution in [0.2, 0.25) is 0 Å². The molecule has 2 aromatic rings. The van der Waals surface area contributed by atoms with E-state index in [9.17, 15) is 18.0 Å². The quantitative estimate of drug-likeness (QED) is 0.677. The molecule has 1 aromatic carbocycles. The first-order valence-electron chi connectivity index (χ1n) is 6.93. The van der Waals surface area contributed by atoms with E-state index in [1.54, 1.807) is 6.20 Å². The van der Waals surface area contributed by atoms with Crippen LogP contribution in [0.25, 0.3) is 10.9 Å². The lowest BCUT2D eigenvalue weighted by molar-refractivity contribution is -0.146. The average molecular weight is 321 g/mol. The van der Waals surface area contributed by atoms with Gasteiger partial charge in [0.2, 0.25) is 5.78 Å². The van der Waals surface area contributed by atoms with Crippen molar-refractivity contribution in [2.45, 2.75) is 6.42 Å². The Kier molecular flexibility index (Phi) is 3.74. The van der Waals surface area contributed by atoms with E-state index in [-0.39, 0.29) is 30.3 Å². The molecular weight excluding hydrogens is 306 g/mol. The Labute approximate surface area is 127 Å². The van der Waals surface area contributed by atoms with Crippen LogP contribution in [-0.4, -0.2) is 43.3 Å². The van der Waals surface area contributed by atoms with Crippen molar-refractivity contribution in [3.05, 3.63) is 36.0 Å². The summed E-state index contributed by atoms with van der Waals surface area (Å²) >= 11 is 0. The SMILES string of the molecule is O=C(COC(=O)[C@@H]1CCS(=O)(=O)C1)c1c[nH]c2ccccc12. The first-order valence-corrected chi connectivity index (χ1v) is 8.75. The summed E-state index contributed by atoms with van der Waals surface area (Å²) in [5, 5.41) is 0.770. The topological polar surface area (TPSA) is 93.3 Å². The number of carbonyl (C=O) groups excluding carboxylic acids is 2. The first-order chi connectivity index (χ1) is 10.5. The van der Waals surface area contributed by atoms with Gasteiger partial charge in [0.15, 0.2) is 16.4 Å². The number of hydrogen-bond donors (Lipinski definition) is 1. The molecule has 0 spiro atoms. The number of H-pyrrole nitrogens is 1. The minimum atomic E-state index is -3.14. The molecule has 0 amide bonds. The second kappa shape index (κ2) is 5.57. The number of sulfone groups is 1. The van der Waals surface area contributed by atoms with Crippen molar-refractivity contribution >= 4 is 32.5 Å². The van der Waals surface area contributed by atoms with Crippen molar-refractivity contribution in [3.8, 4) is 0 Å². The molecule has 0 unspecified atom stereocenters. The number of ether oxygens (including phenoxy) is 1. The van der Waals surface area contributed by atoms with Gasteiger partial charge < -0.3 is 9.72 Å². The van der Waals surface area contributed by atoms with Gasteiger partial charge in [-0.15, -0.1) is 0 Å². The van der Waals surface area contributed by atoms with Crippen molar-refractivity contribution in [2.75, 3.05) is 18.1 Å². The van der Waals surface area contributed by atoms with Crippen molar-refractivity contribution < 1.29 is 22.7 Å². The molecule has 1 saturated heterocycles. The number of para-hydroxylation sites is 1. The summed E-state index contributed by atoms with van der Waals surface area (Å²) in [7, 11) is -3.14. The van der Waals surface area contributed by atoms with E-state index in [0.29, 0.717) is 5.56 Å². The Morgan fingerprint density at radius 2 is 2.05 bits per heavy atom. The average Bonchev–Trinajstić information content (AvgIpc) is 3.07. The second-order valence-corrected chi connectivity index (χ2v) is 7.61. The maximum Gasteiger partial charge on any atom is 0.310 e. The predicted molar refractivity (Wildman–Crippen MR) is 80.3 cm³/mol. The number of hydrogen-bond acceptors (Lipinski definition) is 5. The summed E-state index contributed by atoms with van der Waals surface area (Å²) in [6.45, 7) is -0.378. The molecule has 3 rings (SSSR count). The smallest absolute Gasteiger partial charge is 0.310 e. The number of aromatic amines is 1. The highest BCUT2D eigenvalue weighted by atomic mass is 32.2. The molecule has 1 aliphatic rings. The number of fused-ring (bicyclic) bond motifs is 1. The number of nitrogens with one attached hydrogen (secondary N) is 1. The van der Waals surface area contributed by atoms with Gasteiger partial charge in [-0.2, -0.15) is 0 Å². The van der Waals surface area contributed by atoms with Gasteiger partial charge in [-0.05, 0) is 12.5 Å². The van der Waals surface area contributed by atoms with Crippen LogP contribution in [0.1, 0.15) is 16.8 Å². The lowest BCUT2D eigenvalue weighted by Crippen LogP contribution is -2.22. The third kappa shape index (κ3) is 2.89. The molecule has 0 radical (unpaired) electrons. The van der Waals surface area contributed by atoms with Crippen LogP contribution in [0, 0.1) is 5.92 Å². The molecule has 0 aliphatic carbocycles. The van der Waals surface area contributed by atoms with Crippen LogP contribution in [0.3, 0.4) is 0 Å². The molecule has 1 atom stereocenters.